The van der Waals surface area contributed by atoms with Crippen LogP contribution in [0.1, 0.15) is 26.7 Å². The molecule has 0 saturated heterocycles. The van der Waals surface area contributed by atoms with Gasteiger partial charge in [0.1, 0.15) is 6.29 Å². The quantitative estimate of drug-likeness (QED) is 0.522. The summed E-state index contributed by atoms with van der Waals surface area (Å²) in [6, 6.07) is 0. The molecule has 0 saturated carbocycles. The molecule has 0 radical (unpaired) electrons. The minimum Gasteiger partial charge on any atom is -0.498 e. The molecule has 0 aromatic rings. The van der Waals surface area contributed by atoms with Gasteiger partial charge >= 0.3 is 0 Å². The molecule has 0 amide bonds. The highest BCUT2D eigenvalue weighted by Gasteiger charge is 2.03. The number of carbonyl (C=O) groups excluding carboxylic acids is 1. The lowest BCUT2D eigenvalue weighted by Crippen LogP contribution is -1.88. The van der Waals surface area contributed by atoms with Gasteiger partial charge in [-0.15, -0.1) is 0 Å². The van der Waals surface area contributed by atoms with Crippen LogP contribution in [0.15, 0.2) is 47.3 Å². The van der Waals surface area contributed by atoms with Crippen LogP contribution in [0.3, 0.4) is 0 Å². The second kappa shape index (κ2) is 6.83. The molecule has 0 fully saturated rings. The summed E-state index contributed by atoms with van der Waals surface area (Å²) in [5.41, 5.74) is 1.69. The van der Waals surface area contributed by atoms with E-state index in [4.69, 9.17) is 4.74 Å². The first-order valence-corrected chi connectivity index (χ1v) is 5.67. The zero-order chi connectivity index (χ0) is 11.8. The highest BCUT2D eigenvalue weighted by Crippen LogP contribution is 2.17. The number of carbonyl (C=O) groups is 1. The van der Waals surface area contributed by atoms with E-state index < -0.39 is 0 Å². The molecule has 0 unspecified atom stereocenters. The van der Waals surface area contributed by atoms with Gasteiger partial charge in [0.25, 0.3) is 0 Å². The first-order valence-electron chi connectivity index (χ1n) is 5.67. The largest absolute Gasteiger partial charge is 0.498 e. The lowest BCUT2D eigenvalue weighted by atomic mass is 10.1. The van der Waals surface area contributed by atoms with Crippen molar-refractivity contribution < 1.29 is 9.53 Å². The van der Waals surface area contributed by atoms with E-state index in [0.717, 1.165) is 36.0 Å². The van der Waals surface area contributed by atoms with Crippen molar-refractivity contribution in [2.24, 2.45) is 0 Å². The van der Waals surface area contributed by atoms with Crippen LogP contribution in [0.4, 0.5) is 0 Å². The SMILES string of the molecule is CC/C=C(/C=O)C1=CC=C(OCC)CC=C1. The molecular weight excluding hydrogens is 200 g/mol. The standard InChI is InChI=1S/C14H18O2/c1-3-6-13(11-15)12-7-5-8-14(10-9-12)16-4-2/h5-7,9-11H,3-4,8H2,1-2H3/b13-6-. The topological polar surface area (TPSA) is 26.3 Å². The van der Waals surface area contributed by atoms with Crippen molar-refractivity contribution in [3.05, 3.63) is 47.3 Å². The van der Waals surface area contributed by atoms with E-state index in [9.17, 15) is 4.79 Å². The van der Waals surface area contributed by atoms with Gasteiger partial charge in [0.05, 0.1) is 12.4 Å². The van der Waals surface area contributed by atoms with Crippen LogP contribution >= 0.6 is 0 Å². The zero-order valence-electron chi connectivity index (χ0n) is 9.90. The molecule has 86 valence electrons. The van der Waals surface area contributed by atoms with Crippen molar-refractivity contribution in [1.82, 2.24) is 0 Å². The average Bonchev–Trinajstić information content (AvgIpc) is 2.52. The maximum absolute atomic E-state index is 10.9. The molecule has 16 heavy (non-hydrogen) atoms. The van der Waals surface area contributed by atoms with Gasteiger partial charge in [-0.1, -0.05) is 31.2 Å². The zero-order valence-corrected chi connectivity index (χ0v) is 9.90. The van der Waals surface area contributed by atoms with Crippen LogP contribution in [0.2, 0.25) is 0 Å². The van der Waals surface area contributed by atoms with E-state index in [2.05, 4.69) is 0 Å². The maximum Gasteiger partial charge on any atom is 0.150 e. The number of aldehydes is 1. The van der Waals surface area contributed by atoms with Crippen LogP contribution in [0.25, 0.3) is 0 Å². The number of allylic oxidation sites excluding steroid dienone is 7. The number of hydrogen-bond acceptors (Lipinski definition) is 2. The predicted molar refractivity (Wildman–Crippen MR) is 66.0 cm³/mol. The van der Waals surface area contributed by atoms with Crippen molar-refractivity contribution in [3.63, 3.8) is 0 Å². The molecule has 0 aromatic carbocycles. The minimum atomic E-state index is 0.675. The van der Waals surface area contributed by atoms with Gasteiger partial charge in [-0.25, -0.2) is 0 Å². The predicted octanol–water partition coefficient (Wildman–Crippen LogP) is 3.33. The number of ether oxygens (including phenoxy) is 1. The fourth-order valence-corrected chi connectivity index (χ4v) is 1.55. The summed E-state index contributed by atoms with van der Waals surface area (Å²) in [5, 5.41) is 0. The lowest BCUT2D eigenvalue weighted by Gasteiger charge is -2.02. The fraction of sp³-hybridized carbons (Fsp3) is 0.357. The summed E-state index contributed by atoms with van der Waals surface area (Å²) in [5.74, 6) is 0.940. The molecule has 2 nitrogen and oxygen atoms in total. The Morgan fingerprint density at radius 1 is 1.44 bits per heavy atom. The van der Waals surface area contributed by atoms with Gasteiger partial charge in [-0.05, 0) is 25.0 Å². The molecule has 1 rings (SSSR count). The molecular formula is C14H18O2. The maximum atomic E-state index is 10.9. The van der Waals surface area contributed by atoms with Crippen LogP contribution < -0.4 is 0 Å². The third kappa shape index (κ3) is 3.54. The van der Waals surface area contributed by atoms with Gasteiger partial charge < -0.3 is 4.74 Å². The van der Waals surface area contributed by atoms with Gasteiger partial charge in [0.2, 0.25) is 0 Å². The first-order chi connectivity index (χ1) is 7.81. The summed E-state index contributed by atoms with van der Waals surface area (Å²) >= 11 is 0. The molecule has 0 atom stereocenters. The lowest BCUT2D eigenvalue weighted by molar-refractivity contribution is -0.104. The Kier molecular flexibility index (Phi) is 5.34. The smallest absolute Gasteiger partial charge is 0.150 e. The van der Waals surface area contributed by atoms with E-state index >= 15 is 0 Å². The van der Waals surface area contributed by atoms with Crippen LogP contribution in [-0.4, -0.2) is 12.9 Å². The summed E-state index contributed by atoms with van der Waals surface area (Å²) in [7, 11) is 0. The van der Waals surface area contributed by atoms with Crippen molar-refractivity contribution in [1.29, 1.82) is 0 Å². The molecule has 0 bridgehead atoms. The Morgan fingerprint density at radius 3 is 2.88 bits per heavy atom. The Morgan fingerprint density at radius 2 is 2.25 bits per heavy atom. The van der Waals surface area contributed by atoms with Crippen LogP contribution in [-0.2, 0) is 9.53 Å². The van der Waals surface area contributed by atoms with Gasteiger partial charge in [0, 0.05) is 12.0 Å². The van der Waals surface area contributed by atoms with E-state index in [-0.39, 0.29) is 0 Å². The number of hydrogen-bond donors (Lipinski definition) is 0. The van der Waals surface area contributed by atoms with Crippen molar-refractivity contribution in [3.8, 4) is 0 Å². The van der Waals surface area contributed by atoms with E-state index in [1.165, 1.54) is 0 Å². The van der Waals surface area contributed by atoms with Crippen molar-refractivity contribution in [2.45, 2.75) is 26.7 Å². The Hall–Kier alpha value is -1.57. The van der Waals surface area contributed by atoms with Gasteiger partial charge in [0.15, 0.2) is 0 Å². The normalized spacial score (nSPS) is 16.2. The third-order valence-electron chi connectivity index (χ3n) is 2.28. The molecule has 1 aliphatic rings. The summed E-state index contributed by atoms with van der Waals surface area (Å²) in [6.45, 7) is 4.66. The molecule has 0 N–H and O–H groups in total. The summed E-state index contributed by atoms with van der Waals surface area (Å²) < 4.78 is 5.44. The Bertz CT molecular complexity index is 357. The fourth-order valence-electron chi connectivity index (χ4n) is 1.55. The van der Waals surface area contributed by atoms with E-state index in [1.807, 2.05) is 44.2 Å². The molecule has 0 heterocycles. The highest BCUT2D eigenvalue weighted by molar-refractivity contribution is 5.82. The summed E-state index contributed by atoms with van der Waals surface area (Å²) in [6.07, 6.45) is 12.3. The third-order valence-corrected chi connectivity index (χ3v) is 2.28. The monoisotopic (exact) mass is 218 g/mol. The Labute approximate surface area is 97.0 Å². The average molecular weight is 218 g/mol. The van der Waals surface area contributed by atoms with Crippen LogP contribution in [0, 0.1) is 0 Å². The van der Waals surface area contributed by atoms with Crippen LogP contribution in [0.5, 0.6) is 0 Å². The minimum absolute atomic E-state index is 0.675. The molecule has 0 aliphatic heterocycles. The number of rotatable bonds is 5. The summed E-state index contributed by atoms with van der Waals surface area (Å²) in [4.78, 5) is 10.9. The second-order valence-corrected chi connectivity index (χ2v) is 3.48. The van der Waals surface area contributed by atoms with Gasteiger partial charge in [-0.3, -0.25) is 4.79 Å². The first kappa shape index (κ1) is 12.5. The van der Waals surface area contributed by atoms with Gasteiger partial charge in [-0.2, -0.15) is 0 Å². The highest BCUT2D eigenvalue weighted by atomic mass is 16.5. The molecule has 1 aliphatic carbocycles. The molecule has 2 heteroatoms. The van der Waals surface area contributed by atoms with E-state index in [0.29, 0.717) is 6.61 Å². The van der Waals surface area contributed by atoms with E-state index in [1.54, 1.807) is 0 Å². The Balaban J connectivity index is 2.89. The van der Waals surface area contributed by atoms with Crippen molar-refractivity contribution >= 4 is 6.29 Å². The molecule has 0 spiro atoms. The van der Waals surface area contributed by atoms with Crippen molar-refractivity contribution in [2.75, 3.05) is 6.61 Å². The second-order valence-electron chi connectivity index (χ2n) is 3.48. The molecule has 0 aromatic heterocycles.